The summed E-state index contributed by atoms with van der Waals surface area (Å²) in [5, 5.41) is 26.1. The normalized spacial score (nSPS) is 10.3. The molecule has 0 saturated heterocycles. The second kappa shape index (κ2) is 6.02. The second-order valence-electron chi connectivity index (χ2n) is 3.95. The molecule has 0 aliphatic rings. The fourth-order valence-electron chi connectivity index (χ4n) is 1.60. The molecule has 0 fully saturated rings. The molecule has 106 valence electrons. The summed E-state index contributed by atoms with van der Waals surface area (Å²) in [5.74, 6) is -0.622. The van der Waals surface area contributed by atoms with Gasteiger partial charge in [-0.05, 0) is 43.4 Å². The standard InChI is InChI=1S/C13H13ClN2O3S/c1-2-15-13(20)16-12-10(18)9(17)11(19-12)7-3-5-8(14)6-4-7/h3-6,17-18H,2H2,1H3,(H2,15,16,20). The first-order valence-electron chi connectivity index (χ1n) is 5.88. The van der Waals surface area contributed by atoms with Gasteiger partial charge >= 0.3 is 0 Å². The van der Waals surface area contributed by atoms with Gasteiger partial charge in [-0.2, -0.15) is 0 Å². The quantitative estimate of drug-likeness (QED) is 0.651. The van der Waals surface area contributed by atoms with Gasteiger partial charge in [0.05, 0.1) is 0 Å². The molecule has 2 aromatic rings. The van der Waals surface area contributed by atoms with Crippen molar-refractivity contribution in [2.24, 2.45) is 0 Å². The van der Waals surface area contributed by atoms with Gasteiger partial charge in [-0.3, -0.25) is 5.32 Å². The summed E-state index contributed by atoms with van der Waals surface area (Å²) in [5.41, 5.74) is 0.588. The van der Waals surface area contributed by atoms with Crippen LogP contribution in [-0.2, 0) is 0 Å². The number of aromatic hydroxyl groups is 2. The largest absolute Gasteiger partial charge is 0.502 e. The number of rotatable bonds is 3. The molecule has 4 N–H and O–H groups in total. The first kappa shape index (κ1) is 14.5. The van der Waals surface area contributed by atoms with Crippen molar-refractivity contribution < 1.29 is 14.6 Å². The van der Waals surface area contributed by atoms with Gasteiger partial charge in [0.1, 0.15) is 0 Å². The average molecular weight is 313 g/mol. The predicted molar refractivity (Wildman–Crippen MR) is 82.4 cm³/mol. The third-order valence-electron chi connectivity index (χ3n) is 2.53. The van der Waals surface area contributed by atoms with Crippen molar-refractivity contribution >= 4 is 34.8 Å². The number of anilines is 1. The van der Waals surface area contributed by atoms with Crippen LogP contribution in [0, 0.1) is 0 Å². The Bertz CT molecular complexity index is 625. The lowest BCUT2D eigenvalue weighted by Gasteiger charge is -2.05. The van der Waals surface area contributed by atoms with Crippen LogP contribution in [0.3, 0.4) is 0 Å². The molecule has 0 radical (unpaired) electrons. The maximum Gasteiger partial charge on any atom is 0.246 e. The Hall–Kier alpha value is -1.92. The fraction of sp³-hybridized carbons (Fsp3) is 0.154. The predicted octanol–water partition coefficient (Wildman–Crippen LogP) is 3.32. The van der Waals surface area contributed by atoms with E-state index in [4.69, 9.17) is 28.2 Å². The van der Waals surface area contributed by atoms with E-state index in [0.717, 1.165) is 0 Å². The van der Waals surface area contributed by atoms with Gasteiger partial charge in [0.2, 0.25) is 17.4 Å². The van der Waals surface area contributed by atoms with Crippen LogP contribution < -0.4 is 10.6 Å². The van der Waals surface area contributed by atoms with Gasteiger partial charge in [0, 0.05) is 17.1 Å². The molecule has 0 atom stereocenters. The average Bonchev–Trinajstić information content (AvgIpc) is 2.68. The minimum Gasteiger partial charge on any atom is -0.502 e. The summed E-state index contributed by atoms with van der Waals surface area (Å²) in [7, 11) is 0. The van der Waals surface area contributed by atoms with E-state index in [9.17, 15) is 10.2 Å². The Labute approximate surface area is 126 Å². The second-order valence-corrected chi connectivity index (χ2v) is 4.79. The summed E-state index contributed by atoms with van der Waals surface area (Å²) in [4.78, 5) is 0. The molecule has 5 nitrogen and oxygen atoms in total. The van der Waals surface area contributed by atoms with Crippen LogP contribution >= 0.6 is 23.8 Å². The highest BCUT2D eigenvalue weighted by Crippen LogP contribution is 2.45. The third kappa shape index (κ3) is 2.97. The van der Waals surface area contributed by atoms with Gasteiger partial charge in [0.15, 0.2) is 10.9 Å². The highest BCUT2D eigenvalue weighted by atomic mass is 35.5. The van der Waals surface area contributed by atoms with Crippen molar-refractivity contribution in [1.82, 2.24) is 5.32 Å². The summed E-state index contributed by atoms with van der Waals surface area (Å²) in [6, 6.07) is 6.66. The lowest BCUT2D eigenvalue weighted by atomic mass is 10.1. The van der Waals surface area contributed by atoms with E-state index in [1.807, 2.05) is 6.92 Å². The molecule has 20 heavy (non-hydrogen) atoms. The Balaban J connectivity index is 2.32. The highest BCUT2D eigenvalue weighted by Gasteiger charge is 2.21. The van der Waals surface area contributed by atoms with Crippen LogP contribution in [0.25, 0.3) is 11.3 Å². The lowest BCUT2D eigenvalue weighted by molar-refractivity contribution is 0.410. The third-order valence-corrected chi connectivity index (χ3v) is 3.03. The van der Waals surface area contributed by atoms with E-state index >= 15 is 0 Å². The molecule has 0 unspecified atom stereocenters. The van der Waals surface area contributed by atoms with Gasteiger partial charge in [-0.25, -0.2) is 0 Å². The van der Waals surface area contributed by atoms with Crippen LogP contribution in [0.4, 0.5) is 5.88 Å². The van der Waals surface area contributed by atoms with Gasteiger partial charge in [-0.1, -0.05) is 11.6 Å². The summed E-state index contributed by atoms with van der Waals surface area (Å²) < 4.78 is 5.41. The molecule has 0 bridgehead atoms. The van der Waals surface area contributed by atoms with Crippen LogP contribution in [0.5, 0.6) is 11.5 Å². The zero-order chi connectivity index (χ0) is 14.7. The number of benzene rings is 1. The molecule has 0 aliphatic carbocycles. The number of furan rings is 1. The molecule has 0 spiro atoms. The molecule has 0 amide bonds. The first-order chi connectivity index (χ1) is 9.52. The lowest BCUT2D eigenvalue weighted by Crippen LogP contribution is -2.27. The van der Waals surface area contributed by atoms with Crippen LogP contribution in [-0.4, -0.2) is 21.9 Å². The molecule has 1 heterocycles. The van der Waals surface area contributed by atoms with Crippen molar-refractivity contribution in [3.8, 4) is 22.8 Å². The monoisotopic (exact) mass is 312 g/mol. The van der Waals surface area contributed by atoms with Crippen molar-refractivity contribution in [3.05, 3.63) is 29.3 Å². The summed E-state index contributed by atoms with van der Waals surface area (Å²) in [6.45, 7) is 2.51. The van der Waals surface area contributed by atoms with Crippen molar-refractivity contribution in [2.75, 3.05) is 11.9 Å². The highest BCUT2D eigenvalue weighted by molar-refractivity contribution is 7.80. The molecule has 1 aromatic heterocycles. The molecule has 1 aromatic carbocycles. The minimum atomic E-state index is -0.393. The van der Waals surface area contributed by atoms with Gasteiger partial charge in [-0.15, -0.1) is 0 Å². The summed E-state index contributed by atoms with van der Waals surface area (Å²) in [6.07, 6.45) is 0. The Kier molecular flexibility index (Phi) is 4.36. The number of thiocarbonyl (C=S) groups is 1. The Morgan fingerprint density at radius 1 is 1.25 bits per heavy atom. The number of nitrogens with one attached hydrogen (secondary N) is 2. The number of hydrogen-bond acceptors (Lipinski definition) is 4. The molecular weight excluding hydrogens is 300 g/mol. The Morgan fingerprint density at radius 3 is 2.50 bits per heavy atom. The minimum absolute atomic E-state index is 0.0154. The van der Waals surface area contributed by atoms with Crippen LogP contribution in [0.1, 0.15) is 6.92 Å². The van der Waals surface area contributed by atoms with E-state index in [1.54, 1.807) is 24.3 Å². The van der Waals surface area contributed by atoms with Gasteiger partial charge < -0.3 is 19.9 Å². The topological polar surface area (TPSA) is 77.7 Å². The molecular formula is C13H13ClN2O3S. The van der Waals surface area contributed by atoms with Crippen molar-refractivity contribution in [1.29, 1.82) is 0 Å². The van der Waals surface area contributed by atoms with Crippen LogP contribution in [0.2, 0.25) is 5.02 Å². The number of hydrogen-bond donors (Lipinski definition) is 4. The van der Waals surface area contributed by atoms with Crippen molar-refractivity contribution in [3.63, 3.8) is 0 Å². The Morgan fingerprint density at radius 2 is 1.90 bits per heavy atom. The van der Waals surface area contributed by atoms with Gasteiger partial charge in [0.25, 0.3) is 0 Å². The van der Waals surface area contributed by atoms with E-state index in [0.29, 0.717) is 22.2 Å². The molecule has 0 aliphatic heterocycles. The van der Waals surface area contributed by atoms with E-state index in [2.05, 4.69) is 10.6 Å². The zero-order valence-corrected chi connectivity index (χ0v) is 12.2. The summed E-state index contributed by atoms with van der Waals surface area (Å²) >= 11 is 10.8. The first-order valence-corrected chi connectivity index (χ1v) is 6.67. The van der Waals surface area contributed by atoms with Crippen LogP contribution in [0.15, 0.2) is 28.7 Å². The van der Waals surface area contributed by atoms with Crippen molar-refractivity contribution in [2.45, 2.75) is 6.92 Å². The maximum atomic E-state index is 9.90. The van der Waals surface area contributed by atoms with E-state index in [1.165, 1.54) is 0 Å². The maximum absolute atomic E-state index is 9.90. The molecule has 0 saturated carbocycles. The van der Waals surface area contributed by atoms with E-state index < -0.39 is 5.75 Å². The zero-order valence-electron chi connectivity index (χ0n) is 10.6. The molecule has 2 rings (SSSR count). The van der Waals surface area contributed by atoms with E-state index in [-0.39, 0.29) is 17.4 Å². The number of halogens is 1. The fourth-order valence-corrected chi connectivity index (χ4v) is 1.97. The molecule has 7 heteroatoms. The SMILES string of the molecule is CCNC(=S)Nc1oc(-c2ccc(Cl)cc2)c(O)c1O. The smallest absolute Gasteiger partial charge is 0.246 e.